The number of aromatic nitrogens is 3. The quantitative estimate of drug-likeness (QED) is 0.710. The van der Waals surface area contributed by atoms with E-state index in [1.165, 1.54) is 5.56 Å². The average molecular weight is 359 g/mol. The molecule has 0 fully saturated rings. The molecular weight excluding hydrogens is 343 g/mol. The summed E-state index contributed by atoms with van der Waals surface area (Å²) in [5, 5.41) is 4.55. The Labute approximate surface area is 150 Å². The number of pyridine rings is 1. The largest absolute Gasteiger partial charge is 0.368 e. The number of hydrogen-bond donors (Lipinski definition) is 1. The van der Waals surface area contributed by atoms with Gasteiger partial charge in [0.2, 0.25) is 0 Å². The van der Waals surface area contributed by atoms with E-state index in [2.05, 4.69) is 20.3 Å². The number of hydrogen-bond acceptors (Lipinski definition) is 4. The molecule has 0 atom stereocenters. The van der Waals surface area contributed by atoms with Crippen molar-refractivity contribution in [3.8, 4) is 11.5 Å². The van der Waals surface area contributed by atoms with Gasteiger partial charge in [-0.1, -0.05) is 41.4 Å². The summed E-state index contributed by atoms with van der Waals surface area (Å²) in [7, 11) is 0. The van der Waals surface area contributed by atoms with Crippen LogP contribution in [0.4, 0.5) is 5.82 Å². The Morgan fingerprint density at radius 3 is 2.50 bits per heavy atom. The first-order chi connectivity index (χ1) is 11.6. The Kier molecular flexibility index (Phi) is 5.28. The maximum absolute atomic E-state index is 6.33. The maximum Gasteiger partial charge on any atom is 0.180 e. The zero-order chi connectivity index (χ0) is 16.9. The van der Waals surface area contributed by atoms with E-state index >= 15 is 0 Å². The molecule has 0 radical (unpaired) electrons. The van der Waals surface area contributed by atoms with Crippen LogP contribution in [-0.4, -0.2) is 21.5 Å². The van der Waals surface area contributed by atoms with Gasteiger partial charge in [0.25, 0.3) is 0 Å². The van der Waals surface area contributed by atoms with Crippen molar-refractivity contribution >= 4 is 29.0 Å². The molecule has 1 aromatic carbocycles. The molecule has 0 saturated heterocycles. The summed E-state index contributed by atoms with van der Waals surface area (Å²) in [4.78, 5) is 13.2. The molecule has 0 saturated carbocycles. The fourth-order valence-electron chi connectivity index (χ4n) is 2.26. The first kappa shape index (κ1) is 16.7. The highest BCUT2D eigenvalue weighted by atomic mass is 35.5. The van der Waals surface area contributed by atoms with Gasteiger partial charge in [0.15, 0.2) is 5.82 Å². The van der Waals surface area contributed by atoms with Crippen molar-refractivity contribution in [2.24, 2.45) is 0 Å². The van der Waals surface area contributed by atoms with Crippen LogP contribution in [0.2, 0.25) is 10.0 Å². The number of rotatable bonds is 5. The van der Waals surface area contributed by atoms with Crippen LogP contribution in [0, 0.1) is 6.92 Å². The minimum Gasteiger partial charge on any atom is -0.368 e. The Balaban J connectivity index is 1.75. The molecule has 0 spiro atoms. The molecule has 2 aromatic heterocycles. The Morgan fingerprint density at radius 2 is 1.79 bits per heavy atom. The molecule has 0 aliphatic carbocycles. The van der Waals surface area contributed by atoms with E-state index < -0.39 is 0 Å². The van der Waals surface area contributed by atoms with Crippen LogP contribution >= 0.6 is 23.2 Å². The lowest BCUT2D eigenvalue weighted by Crippen LogP contribution is -2.09. The molecule has 6 heteroatoms. The van der Waals surface area contributed by atoms with Crippen LogP contribution < -0.4 is 5.32 Å². The van der Waals surface area contributed by atoms with Crippen LogP contribution in [0.15, 0.2) is 48.7 Å². The number of anilines is 1. The van der Waals surface area contributed by atoms with Gasteiger partial charge >= 0.3 is 0 Å². The predicted octanol–water partition coefficient (Wildman–Crippen LogP) is 4.81. The molecule has 122 valence electrons. The Bertz CT molecular complexity index is 820. The van der Waals surface area contributed by atoms with Crippen molar-refractivity contribution in [3.63, 3.8) is 0 Å². The van der Waals surface area contributed by atoms with Gasteiger partial charge in [0.1, 0.15) is 16.5 Å². The molecule has 0 aliphatic heterocycles. The summed E-state index contributed by atoms with van der Waals surface area (Å²) in [6.45, 7) is 2.57. The standard InChI is InChI=1S/C18H16Cl2N4/c1-12-16(20)18(22-11-9-13-5-7-14(19)8-6-13)24-17(23-12)15-4-2-3-10-21-15/h2-8,10H,9,11H2,1H3,(H,22,23,24). The summed E-state index contributed by atoms with van der Waals surface area (Å²) in [5.41, 5.74) is 2.64. The number of benzene rings is 1. The van der Waals surface area contributed by atoms with Gasteiger partial charge in [0.05, 0.1) is 5.69 Å². The van der Waals surface area contributed by atoms with Gasteiger partial charge in [-0.3, -0.25) is 4.98 Å². The average Bonchev–Trinajstić information content (AvgIpc) is 2.61. The van der Waals surface area contributed by atoms with E-state index in [9.17, 15) is 0 Å². The SMILES string of the molecule is Cc1nc(-c2ccccn2)nc(NCCc2ccc(Cl)cc2)c1Cl. The first-order valence-corrected chi connectivity index (χ1v) is 8.33. The van der Waals surface area contributed by atoms with E-state index in [1.807, 2.05) is 49.4 Å². The first-order valence-electron chi connectivity index (χ1n) is 7.57. The summed E-state index contributed by atoms with van der Waals surface area (Å²) in [6.07, 6.45) is 2.56. The third-order valence-electron chi connectivity index (χ3n) is 3.53. The minimum atomic E-state index is 0.533. The second-order valence-corrected chi connectivity index (χ2v) is 6.13. The lowest BCUT2D eigenvalue weighted by molar-refractivity contribution is 0.993. The second-order valence-electron chi connectivity index (χ2n) is 5.31. The van der Waals surface area contributed by atoms with Gasteiger partial charge in [-0.25, -0.2) is 9.97 Å². The highest BCUT2D eigenvalue weighted by Gasteiger charge is 2.11. The molecule has 2 heterocycles. The lowest BCUT2D eigenvalue weighted by atomic mass is 10.1. The smallest absolute Gasteiger partial charge is 0.180 e. The molecule has 1 N–H and O–H groups in total. The summed E-state index contributed by atoms with van der Waals surface area (Å²) < 4.78 is 0. The molecule has 4 nitrogen and oxygen atoms in total. The van der Waals surface area contributed by atoms with Crippen LogP contribution in [-0.2, 0) is 6.42 Å². The third-order valence-corrected chi connectivity index (χ3v) is 4.23. The monoisotopic (exact) mass is 358 g/mol. The van der Waals surface area contributed by atoms with E-state index in [4.69, 9.17) is 23.2 Å². The molecule has 24 heavy (non-hydrogen) atoms. The van der Waals surface area contributed by atoms with Crippen LogP contribution in [0.3, 0.4) is 0 Å². The number of aryl methyl sites for hydroxylation is 1. The normalized spacial score (nSPS) is 10.6. The predicted molar refractivity (Wildman–Crippen MR) is 98.7 cm³/mol. The molecule has 3 rings (SSSR count). The van der Waals surface area contributed by atoms with Crippen molar-refractivity contribution in [2.75, 3.05) is 11.9 Å². The van der Waals surface area contributed by atoms with E-state index in [0.29, 0.717) is 23.2 Å². The van der Waals surface area contributed by atoms with Crippen LogP contribution in [0.5, 0.6) is 0 Å². The summed E-state index contributed by atoms with van der Waals surface area (Å²) in [5.74, 6) is 1.19. The fraction of sp³-hybridized carbons (Fsp3) is 0.167. The van der Waals surface area contributed by atoms with Crippen molar-refractivity contribution in [2.45, 2.75) is 13.3 Å². The van der Waals surface area contributed by atoms with Crippen LogP contribution in [0.25, 0.3) is 11.5 Å². The molecule has 0 aliphatic rings. The van der Waals surface area contributed by atoms with E-state index in [1.54, 1.807) is 6.20 Å². The number of halogens is 2. The van der Waals surface area contributed by atoms with Gasteiger partial charge in [-0.2, -0.15) is 0 Å². The van der Waals surface area contributed by atoms with Crippen LogP contribution in [0.1, 0.15) is 11.3 Å². The zero-order valence-corrected chi connectivity index (χ0v) is 14.6. The number of nitrogens with one attached hydrogen (secondary N) is 1. The van der Waals surface area contributed by atoms with Gasteiger partial charge in [0, 0.05) is 17.8 Å². The molecule has 0 unspecified atom stereocenters. The fourth-order valence-corrected chi connectivity index (χ4v) is 2.54. The third kappa shape index (κ3) is 4.02. The highest BCUT2D eigenvalue weighted by molar-refractivity contribution is 6.33. The minimum absolute atomic E-state index is 0.533. The molecular formula is C18H16Cl2N4. The van der Waals surface area contributed by atoms with Crippen molar-refractivity contribution in [1.29, 1.82) is 0 Å². The zero-order valence-electron chi connectivity index (χ0n) is 13.1. The topological polar surface area (TPSA) is 50.7 Å². The molecule has 3 aromatic rings. The van der Waals surface area contributed by atoms with Gasteiger partial charge in [-0.05, 0) is 43.2 Å². The summed E-state index contributed by atoms with van der Waals surface area (Å²) >= 11 is 12.2. The van der Waals surface area contributed by atoms with Gasteiger partial charge < -0.3 is 5.32 Å². The van der Waals surface area contributed by atoms with E-state index in [0.717, 1.165) is 22.8 Å². The van der Waals surface area contributed by atoms with E-state index in [-0.39, 0.29) is 0 Å². The molecule has 0 amide bonds. The maximum atomic E-state index is 6.33. The Hall–Kier alpha value is -2.17. The highest BCUT2D eigenvalue weighted by Crippen LogP contribution is 2.25. The summed E-state index contributed by atoms with van der Waals surface area (Å²) in [6, 6.07) is 13.4. The van der Waals surface area contributed by atoms with Gasteiger partial charge in [-0.15, -0.1) is 0 Å². The number of nitrogens with zero attached hydrogens (tertiary/aromatic N) is 3. The Morgan fingerprint density at radius 1 is 1.00 bits per heavy atom. The lowest BCUT2D eigenvalue weighted by Gasteiger charge is -2.11. The van der Waals surface area contributed by atoms with Crippen molar-refractivity contribution in [1.82, 2.24) is 15.0 Å². The van der Waals surface area contributed by atoms with Crippen molar-refractivity contribution in [3.05, 3.63) is 70.0 Å². The second kappa shape index (κ2) is 7.60. The molecule has 0 bridgehead atoms. The van der Waals surface area contributed by atoms with Crippen molar-refractivity contribution < 1.29 is 0 Å².